The van der Waals surface area contributed by atoms with Crippen molar-refractivity contribution in [1.29, 1.82) is 0 Å². The average molecular weight is 304 g/mol. The molecule has 0 spiro atoms. The standard InChI is InChI=1S/C14H16N4O4/c1-22-10-6-5-9(15-7-10)8-17-14(21)18-11(13(19)20)3-2-4-12(18)16-17/h5-7,11H,2-4,8H2,1H3,(H,19,20). The maximum Gasteiger partial charge on any atom is 0.347 e. The van der Waals surface area contributed by atoms with Crippen LogP contribution in [0.15, 0.2) is 23.1 Å². The van der Waals surface area contributed by atoms with Crippen molar-refractivity contribution in [3.63, 3.8) is 0 Å². The lowest BCUT2D eigenvalue weighted by molar-refractivity contribution is -0.141. The number of carboxylic acids is 1. The van der Waals surface area contributed by atoms with E-state index in [2.05, 4.69) is 10.1 Å². The van der Waals surface area contributed by atoms with Crippen molar-refractivity contribution in [2.45, 2.75) is 31.8 Å². The molecule has 0 radical (unpaired) electrons. The molecule has 0 amide bonds. The summed E-state index contributed by atoms with van der Waals surface area (Å²) in [4.78, 5) is 27.9. The smallest absolute Gasteiger partial charge is 0.347 e. The lowest BCUT2D eigenvalue weighted by atomic mass is 10.1. The van der Waals surface area contributed by atoms with Gasteiger partial charge in [-0.15, -0.1) is 0 Å². The third kappa shape index (κ3) is 2.47. The van der Waals surface area contributed by atoms with Crippen LogP contribution in [-0.2, 0) is 17.8 Å². The van der Waals surface area contributed by atoms with Gasteiger partial charge < -0.3 is 9.84 Å². The van der Waals surface area contributed by atoms with E-state index in [1.54, 1.807) is 25.4 Å². The first-order valence-electron chi connectivity index (χ1n) is 7.00. The number of nitrogens with zero attached hydrogens (tertiary/aromatic N) is 4. The van der Waals surface area contributed by atoms with Gasteiger partial charge in [-0.05, 0) is 25.0 Å². The highest BCUT2D eigenvalue weighted by molar-refractivity contribution is 5.72. The summed E-state index contributed by atoms with van der Waals surface area (Å²) in [6.45, 7) is 0.204. The SMILES string of the molecule is COc1ccc(Cn2nc3n(c2=O)C(C(=O)O)CCC3)nc1. The molecule has 0 fully saturated rings. The highest BCUT2D eigenvalue weighted by Gasteiger charge is 2.30. The number of methoxy groups -OCH3 is 1. The molecule has 22 heavy (non-hydrogen) atoms. The largest absolute Gasteiger partial charge is 0.495 e. The second kappa shape index (κ2) is 5.63. The number of aryl methyl sites for hydroxylation is 1. The fraction of sp³-hybridized carbons (Fsp3) is 0.429. The highest BCUT2D eigenvalue weighted by Crippen LogP contribution is 2.21. The molecule has 3 rings (SSSR count). The molecule has 0 aliphatic carbocycles. The third-order valence-electron chi connectivity index (χ3n) is 3.76. The van der Waals surface area contributed by atoms with Gasteiger partial charge in [0.2, 0.25) is 0 Å². The molecule has 1 aliphatic rings. The van der Waals surface area contributed by atoms with Crippen molar-refractivity contribution in [3.05, 3.63) is 40.3 Å². The van der Waals surface area contributed by atoms with Crippen LogP contribution in [0.4, 0.5) is 0 Å². The number of aromatic nitrogens is 4. The van der Waals surface area contributed by atoms with Gasteiger partial charge in [0.25, 0.3) is 0 Å². The predicted octanol–water partition coefficient (Wildman–Crippen LogP) is 0.459. The van der Waals surface area contributed by atoms with E-state index in [0.29, 0.717) is 36.5 Å². The normalized spacial score (nSPS) is 17.0. The Labute approximate surface area is 126 Å². The van der Waals surface area contributed by atoms with Crippen LogP contribution in [0.1, 0.15) is 30.4 Å². The molecule has 0 saturated carbocycles. The van der Waals surface area contributed by atoms with E-state index in [1.165, 1.54) is 9.25 Å². The summed E-state index contributed by atoms with van der Waals surface area (Å²) in [6.07, 6.45) is 3.35. The van der Waals surface area contributed by atoms with Crippen molar-refractivity contribution >= 4 is 5.97 Å². The summed E-state index contributed by atoms with van der Waals surface area (Å²) in [5.41, 5.74) is 0.255. The summed E-state index contributed by atoms with van der Waals surface area (Å²) < 4.78 is 7.59. The van der Waals surface area contributed by atoms with E-state index in [4.69, 9.17) is 4.74 Å². The molecule has 8 heteroatoms. The number of pyridine rings is 1. The Kier molecular flexibility index (Phi) is 3.66. The lowest BCUT2D eigenvalue weighted by Crippen LogP contribution is -2.34. The Morgan fingerprint density at radius 1 is 1.50 bits per heavy atom. The number of aliphatic carboxylic acids is 1. The summed E-state index contributed by atoms with van der Waals surface area (Å²) in [5.74, 6) is 0.161. The first-order chi connectivity index (χ1) is 10.6. The van der Waals surface area contributed by atoms with Gasteiger partial charge in [0.1, 0.15) is 17.6 Å². The van der Waals surface area contributed by atoms with Crippen LogP contribution >= 0.6 is 0 Å². The Morgan fingerprint density at radius 2 is 2.32 bits per heavy atom. The van der Waals surface area contributed by atoms with Gasteiger partial charge in [-0.1, -0.05) is 0 Å². The summed E-state index contributed by atoms with van der Waals surface area (Å²) >= 11 is 0. The van der Waals surface area contributed by atoms with Crippen LogP contribution in [0.2, 0.25) is 0 Å². The monoisotopic (exact) mass is 304 g/mol. The molecular formula is C14H16N4O4. The van der Waals surface area contributed by atoms with Gasteiger partial charge in [0.05, 0.1) is 25.5 Å². The second-order valence-corrected chi connectivity index (χ2v) is 5.16. The van der Waals surface area contributed by atoms with Crippen LogP contribution < -0.4 is 10.4 Å². The molecule has 1 N–H and O–H groups in total. The quantitative estimate of drug-likeness (QED) is 0.881. The van der Waals surface area contributed by atoms with Crippen LogP contribution in [0, 0.1) is 0 Å². The maximum atomic E-state index is 12.4. The topological polar surface area (TPSA) is 99.2 Å². The van der Waals surface area contributed by atoms with Gasteiger partial charge in [-0.25, -0.2) is 14.3 Å². The number of rotatable bonds is 4. The molecule has 2 aromatic rings. The van der Waals surface area contributed by atoms with Crippen LogP contribution in [0.25, 0.3) is 0 Å². The second-order valence-electron chi connectivity index (χ2n) is 5.16. The van der Waals surface area contributed by atoms with E-state index in [-0.39, 0.29) is 6.54 Å². The molecule has 1 aliphatic heterocycles. The lowest BCUT2D eigenvalue weighted by Gasteiger charge is -2.19. The highest BCUT2D eigenvalue weighted by atomic mass is 16.5. The zero-order valence-corrected chi connectivity index (χ0v) is 12.1. The number of carbonyl (C=O) groups is 1. The summed E-state index contributed by atoms with van der Waals surface area (Å²) in [7, 11) is 1.55. The number of hydrogen-bond acceptors (Lipinski definition) is 5. The molecule has 3 heterocycles. The van der Waals surface area contributed by atoms with Gasteiger partial charge in [-0.2, -0.15) is 5.10 Å². The van der Waals surface area contributed by atoms with Gasteiger partial charge >= 0.3 is 11.7 Å². The summed E-state index contributed by atoms with van der Waals surface area (Å²) in [6, 6.07) is 2.68. The van der Waals surface area contributed by atoms with Crippen molar-refractivity contribution in [3.8, 4) is 5.75 Å². The summed E-state index contributed by atoms with van der Waals surface area (Å²) in [5, 5.41) is 13.5. The van der Waals surface area contributed by atoms with E-state index in [9.17, 15) is 14.7 Å². The minimum atomic E-state index is -0.995. The van der Waals surface area contributed by atoms with Crippen LogP contribution in [0.3, 0.4) is 0 Å². The molecule has 1 atom stereocenters. The van der Waals surface area contributed by atoms with E-state index in [0.717, 1.165) is 0 Å². The minimum Gasteiger partial charge on any atom is -0.495 e. The fourth-order valence-electron chi connectivity index (χ4n) is 2.65. The minimum absolute atomic E-state index is 0.204. The zero-order chi connectivity index (χ0) is 15.7. The van der Waals surface area contributed by atoms with E-state index < -0.39 is 17.7 Å². The predicted molar refractivity (Wildman–Crippen MR) is 76.0 cm³/mol. The molecule has 0 aromatic carbocycles. The van der Waals surface area contributed by atoms with Crippen molar-refractivity contribution < 1.29 is 14.6 Å². The first-order valence-corrected chi connectivity index (χ1v) is 7.00. The van der Waals surface area contributed by atoms with Gasteiger partial charge in [-0.3, -0.25) is 9.55 Å². The van der Waals surface area contributed by atoms with Crippen molar-refractivity contribution in [2.75, 3.05) is 7.11 Å². The Morgan fingerprint density at radius 3 is 2.95 bits per heavy atom. The number of carboxylic acid groups (broad SMARTS) is 1. The maximum absolute atomic E-state index is 12.4. The Bertz CT molecular complexity index is 747. The van der Waals surface area contributed by atoms with Gasteiger partial charge in [0, 0.05) is 6.42 Å². The fourth-order valence-corrected chi connectivity index (χ4v) is 2.65. The first kappa shape index (κ1) is 14.3. The van der Waals surface area contributed by atoms with Crippen LogP contribution in [0.5, 0.6) is 5.75 Å². The molecule has 0 bridgehead atoms. The molecule has 0 saturated heterocycles. The zero-order valence-electron chi connectivity index (χ0n) is 12.1. The number of ether oxygens (including phenoxy) is 1. The van der Waals surface area contributed by atoms with Crippen LogP contribution in [-0.4, -0.2) is 37.5 Å². The number of fused-ring (bicyclic) bond motifs is 1. The van der Waals surface area contributed by atoms with Crippen molar-refractivity contribution in [1.82, 2.24) is 19.3 Å². The molecule has 116 valence electrons. The average Bonchev–Trinajstić information content (AvgIpc) is 2.84. The number of hydrogen-bond donors (Lipinski definition) is 1. The molecule has 2 aromatic heterocycles. The Hall–Kier alpha value is -2.64. The van der Waals surface area contributed by atoms with E-state index in [1.807, 2.05) is 0 Å². The van der Waals surface area contributed by atoms with E-state index >= 15 is 0 Å². The molecular weight excluding hydrogens is 288 g/mol. The third-order valence-corrected chi connectivity index (χ3v) is 3.76. The molecule has 1 unspecified atom stereocenters. The Balaban J connectivity index is 1.92. The van der Waals surface area contributed by atoms with Crippen molar-refractivity contribution in [2.24, 2.45) is 0 Å². The molecule has 8 nitrogen and oxygen atoms in total. The van der Waals surface area contributed by atoms with Gasteiger partial charge in [0.15, 0.2) is 0 Å².